The summed E-state index contributed by atoms with van der Waals surface area (Å²) in [6.07, 6.45) is 0.187. The van der Waals surface area contributed by atoms with Gasteiger partial charge in [-0.15, -0.1) is 11.3 Å². The number of hydrogen-bond acceptors (Lipinski definition) is 6. The molecule has 25 heavy (non-hydrogen) atoms. The van der Waals surface area contributed by atoms with Crippen molar-refractivity contribution in [2.75, 3.05) is 5.32 Å². The van der Waals surface area contributed by atoms with Gasteiger partial charge in [0, 0.05) is 10.4 Å². The first kappa shape index (κ1) is 16.3. The zero-order valence-electron chi connectivity index (χ0n) is 13.1. The molecule has 1 amide bonds. The third kappa shape index (κ3) is 3.58. The standard InChI is InChI=1S/C17H12ClN3O2S2/c1-9-2-5-13(23-9)16-19-11(8-24-16)7-15(22)21-17-20-12-4-3-10(18)6-14(12)25-17/h2-6,8H,7H2,1H3,(H,20,21,22). The lowest BCUT2D eigenvalue weighted by Gasteiger charge is -1.98. The quantitative estimate of drug-likeness (QED) is 0.523. The van der Waals surface area contributed by atoms with Crippen LogP contribution in [0.4, 0.5) is 5.13 Å². The van der Waals surface area contributed by atoms with Gasteiger partial charge in [-0.1, -0.05) is 22.9 Å². The number of benzene rings is 1. The summed E-state index contributed by atoms with van der Waals surface area (Å²) in [5.41, 5.74) is 1.52. The van der Waals surface area contributed by atoms with Crippen LogP contribution in [0.3, 0.4) is 0 Å². The predicted molar refractivity (Wildman–Crippen MR) is 102 cm³/mol. The largest absolute Gasteiger partial charge is 0.459 e. The van der Waals surface area contributed by atoms with Crippen molar-refractivity contribution in [3.8, 4) is 10.8 Å². The summed E-state index contributed by atoms with van der Waals surface area (Å²) in [7, 11) is 0. The number of amides is 1. The van der Waals surface area contributed by atoms with Crippen LogP contribution in [-0.2, 0) is 11.2 Å². The Morgan fingerprint density at radius 1 is 1.28 bits per heavy atom. The molecule has 4 aromatic rings. The van der Waals surface area contributed by atoms with E-state index in [0.717, 1.165) is 26.7 Å². The molecule has 3 aromatic heterocycles. The van der Waals surface area contributed by atoms with Crippen molar-refractivity contribution in [2.45, 2.75) is 13.3 Å². The number of hydrogen-bond donors (Lipinski definition) is 1. The van der Waals surface area contributed by atoms with Gasteiger partial charge in [0.1, 0.15) is 5.76 Å². The van der Waals surface area contributed by atoms with E-state index in [0.29, 0.717) is 15.8 Å². The Hall–Kier alpha value is -2.22. The highest BCUT2D eigenvalue weighted by Crippen LogP contribution is 2.29. The summed E-state index contributed by atoms with van der Waals surface area (Å²) in [4.78, 5) is 21.1. The van der Waals surface area contributed by atoms with E-state index in [1.807, 2.05) is 36.6 Å². The molecular formula is C17H12ClN3O2S2. The van der Waals surface area contributed by atoms with E-state index in [9.17, 15) is 4.79 Å². The summed E-state index contributed by atoms with van der Waals surface area (Å²) in [5, 5.41) is 6.66. The maximum Gasteiger partial charge on any atom is 0.232 e. The fraction of sp³-hybridized carbons (Fsp3) is 0.118. The Labute approximate surface area is 156 Å². The van der Waals surface area contributed by atoms with E-state index < -0.39 is 0 Å². The molecule has 5 nitrogen and oxygen atoms in total. The van der Waals surface area contributed by atoms with Crippen LogP contribution in [0.5, 0.6) is 0 Å². The van der Waals surface area contributed by atoms with Gasteiger partial charge in [0.25, 0.3) is 0 Å². The zero-order chi connectivity index (χ0) is 17.4. The molecule has 0 aliphatic carbocycles. The van der Waals surface area contributed by atoms with Crippen LogP contribution in [-0.4, -0.2) is 15.9 Å². The number of rotatable bonds is 4. The molecule has 0 aliphatic rings. The minimum Gasteiger partial charge on any atom is -0.459 e. The van der Waals surface area contributed by atoms with Gasteiger partial charge in [-0.3, -0.25) is 4.79 Å². The SMILES string of the molecule is Cc1ccc(-c2nc(CC(=O)Nc3nc4ccc(Cl)cc4s3)cs2)o1. The van der Waals surface area contributed by atoms with Crippen molar-refractivity contribution in [2.24, 2.45) is 0 Å². The van der Waals surface area contributed by atoms with Gasteiger partial charge in [-0.05, 0) is 37.3 Å². The average Bonchev–Trinajstić information content (AvgIpc) is 3.26. The molecule has 126 valence electrons. The molecule has 1 aromatic carbocycles. The Morgan fingerprint density at radius 2 is 2.16 bits per heavy atom. The maximum atomic E-state index is 12.2. The normalized spacial score (nSPS) is 11.1. The first-order valence-electron chi connectivity index (χ1n) is 7.44. The van der Waals surface area contributed by atoms with Gasteiger partial charge in [0.05, 0.1) is 22.3 Å². The van der Waals surface area contributed by atoms with Crippen LogP contribution >= 0.6 is 34.3 Å². The molecule has 0 aliphatic heterocycles. The van der Waals surface area contributed by atoms with Gasteiger partial charge in [0.15, 0.2) is 15.9 Å². The van der Waals surface area contributed by atoms with Gasteiger partial charge >= 0.3 is 0 Å². The van der Waals surface area contributed by atoms with E-state index in [4.69, 9.17) is 16.0 Å². The number of nitrogens with zero attached hydrogens (tertiary/aromatic N) is 2. The van der Waals surface area contributed by atoms with E-state index in [1.54, 1.807) is 6.07 Å². The van der Waals surface area contributed by atoms with Crippen LogP contribution in [0.25, 0.3) is 21.0 Å². The maximum absolute atomic E-state index is 12.2. The number of thiazole rings is 2. The van der Waals surface area contributed by atoms with Crippen molar-refractivity contribution in [1.82, 2.24) is 9.97 Å². The number of halogens is 1. The minimum absolute atomic E-state index is 0.155. The lowest BCUT2D eigenvalue weighted by atomic mass is 10.3. The van der Waals surface area contributed by atoms with Crippen LogP contribution in [0.2, 0.25) is 5.02 Å². The topological polar surface area (TPSA) is 68.0 Å². The van der Waals surface area contributed by atoms with E-state index in [2.05, 4.69) is 15.3 Å². The van der Waals surface area contributed by atoms with Crippen LogP contribution < -0.4 is 5.32 Å². The number of nitrogens with one attached hydrogen (secondary N) is 1. The summed E-state index contributed by atoms with van der Waals surface area (Å²) in [6, 6.07) is 9.22. The van der Waals surface area contributed by atoms with Crippen molar-refractivity contribution in [3.05, 3.63) is 52.2 Å². The highest BCUT2D eigenvalue weighted by atomic mass is 35.5. The van der Waals surface area contributed by atoms with Gasteiger partial charge in [-0.2, -0.15) is 0 Å². The molecule has 0 saturated heterocycles. The highest BCUT2D eigenvalue weighted by molar-refractivity contribution is 7.22. The molecule has 0 bridgehead atoms. The molecule has 0 atom stereocenters. The van der Waals surface area contributed by atoms with E-state index >= 15 is 0 Å². The minimum atomic E-state index is -0.155. The van der Waals surface area contributed by atoms with E-state index in [-0.39, 0.29) is 12.3 Å². The molecule has 0 radical (unpaired) electrons. The zero-order valence-corrected chi connectivity index (χ0v) is 15.5. The third-order valence-electron chi connectivity index (χ3n) is 3.44. The predicted octanol–water partition coefficient (Wildman–Crippen LogP) is 5.16. The van der Waals surface area contributed by atoms with Gasteiger partial charge in [-0.25, -0.2) is 9.97 Å². The number of carbonyl (C=O) groups is 1. The second-order valence-corrected chi connectivity index (χ2v) is 7.74. The number of aromatic nitrogens is 2. The summed E-state index contributed by atoms with van der Waals surface area (Å²) in [6.45, 7) is 1.89. The number of furan rings is 1. The molecule has 3 heterocycles. The fourth-order valence-corrected chi connectivity index (χ4v) is 4.27. The molecule has 0 unspecified atom stereocenters. The van der Waals surface area contributed by atoms with Crippen LogP contribution in [0.1, 0.15) is 11.5 Å². The number of aryl methyl sites for hydroxylation is 1. The molecule has 4 rings (SSSR count). The van der Waals surface area contributed by atoms with Crippen LogP contribution in [0, 0.1) is 6.92 Å². The first-order valence-corrected chi connectivity index (χ1v) is 9.51. The van der Waals surface area contributed by atoms with Gasteiger partial charge < -0.3 is 9.73 Å². The van der Waals surface area contributed by atoms with Crippen molar-refractivity contribution >= 4 is 55.5 Å². The summed E-state index contributed by atoms with van der Waals surface area (Å²) in [5.74, 6) is 1.40. The lowest BCUT2D eigenvalue weighted by Crippen LogP contribution is -2.14. The van der Waals surface area contributed by atoms with Gasteiger partial charge in [0.2, 0.25) is 5.91 Å². The fourth-order valence-electron chi connectivity index (χ4n) is 2.33. The highest BCUT2D eigenvalue weighted by Gasteiger charge is 2.13. The average molecular weight is 390 g/mol. The molecule has 0 spiro atoms. The Morgan fingerprint density at radius 3 is 2.96 bits per heavy atom. The number of carbonyl (C=O) groups excluding carboxylic acids is 1. The Balaban J connectivity index is 1.45. The molecule has 0 saturated carbocycles. The van der Waals surface area contributed by atoms with Crippen LogP contribution in [0.15, 0.2) is 40.1 Å². The first-order chi connectivity index (χ1) is 12.1. The monoisotopic (exact) mass is 389 g/mol. The molecule has 8 heteroatoms. The smallest absolute Gasteiger partial charge is 0.232 e. The summed E-state index contributed by atoms with van der Waals surface area (Å²) < 4.78 is 6.49. The van der Waals surface area contributed by atoms with E-state index in [1.165, 1.54) is 22.7 Å². The second kappa shape index (κ2) is 6.59. The number of fused-ring (bicyclic) bond motifs is 1. The number of anilines is 1. The molecule has 1 N–H and O–H groups in total. The lowest BCUT2D eigenvalue weighted by molar-refractivity contribution is -0.115. The van der Waals surface area contributed by atoms with Crippen molar-refractivity contribution in [1.29, 1.82) is 0 Å². The summed E-state index contributed by atoms with van der Waals surface area (Å²) >= 11 is 8.82. The Kier molecular flexibility index (Phi) is 4.29. The second-order valence-electron chi connectivity index (χ2n) is 5.41. The molecule has 0 fully saturated rings. The Bertz CT molecular complexity index is 1070. The van der Waals surface area contributed by atoms with Crippen molar-refractivity contribution in [3.63, 3.8) is 0 Å². The van der Waals surface area contributed by atoms with Crippen molar-refractivity contribution < 1.29 is 9.21 Å². The third-order valence-corrected chi connectivity index (χ3v) is 5.52. The molecular weight excluding hydrogens is 378 g/mol.